The predicted octanol–water partition coefficient (Wildman–Crippen LogP) is 4.08. The van der Waals surface area contributed by atoms with Crippen molar-refractivity contribution < 1.29 is 22.1 Å². The molecule has 5 nitrogen and oxygen atoms in total. The summed E-state index contributed by atoms with van der Waals surface area (Å²) in [4.78, 5) is 0.183. The highest BCUT2D eigenvalue weighted by atomic mass is 35.5. The van der Waals surface area contributed by atoms with Crippen LogP contribution in [0, 0.1) is 11.3 Å². The van der Waals surface area contributed by atoms with E-state index in [2.05, 4.69) is 9.84 Å². The second-order valence-corrected chi connectivity index (χ2v) is 6.84. The monoisotopic (exact) mass is 397 g/mol. The third-order valence-electron chi connectivity index (χ3n) is 2.75. The molecule has 0 N–H and O–H groups in total. The number of rotatable bonds is 4. The average molecular weight is 398 g/mol. The molecule has 0 aliphatic rings. The van der Waals surface area contributed by atoms with Crippen molar-refractivity contribution in [1.29, 1.82) is 5.26 Å². The highest BCUT2D eigenvalue weighted by molar-refractivity contribution is 7.85. The summed E-state index contributed by atoms with van der Waals surface area (Å²) >= 11 is 11.9. The smallest absolute Gasteiger partial charge is 0.406 e. The van der Waals surface area contributed by atoms with E-state index in [1.54, 1.807) is 13.0 Å². The Morgan fingerprint density at radius 1 is 1.38 bits per heavy atom. The van der Waals surface area contributed by atoms with Gasteiger partial charge in [0.05, 0.1) is 25.7 Å². The number of hydrogen-bond donors (Lipinski definition) is 0. The number of aromatic nitrogens is 2. The number of benzene rings is 1. The minimum Gasteiger partial charge on any atom is -0.406 e. The molecule has 1 unspecified atom stereocenters. The lowest BCUT2D eigenvalue weighted by atomic mass is 10.3. The van der Waals surface area contributed by atoms with E-state index < -0.39 is 22.9 Å². The van der Waals surface area contributed by atoms with Crippen molar-refractivity contribution in [2.75, 3.05) is 5.75 Å². The van der Waals surface area contributed by atoms with Crippen molar-refractivity contribution in [3.05, 3.63) is 34.1 Å². The molecule has 0 amide bonds. The number of nitrogens with zero attached hydrogens (tertiary/aromatic N) is 3. The highest BCUT2D eigenvalue weighted by Crippen LogP contribution is 2.35. The van der Waals surface area contributed by atoms with Crippen molar-refractivity contribution in [2.45, 2.75) is 18.2 Å². The number of ether oxygens (including phenoxy) is 1. The molecule has 0 saturated heterocycles. The minimum absolute atomic E-state index is 0.0451. The number of halogens is 5. The lowest BCUT2D eigenvalue weighted by Crippen LogP contribution is -2.17. The van der Waals surface area contributed by atoms with Gasteiger partial charge in [-0.1, -0.05) is 30.1 Å². The third kappa shape index (κ3) is 4.01. The van der Waals surface area contributed by atoms with E-state index in [1.165, 1.54) is 6.20 Å². The van der Waals surface area contributed by atoms with Crippen LogP contribution in [-0.4, -0.2) is 26.1 Å². The fourth-order valence-corrected chi connectivity index (χ4v) is 3.30. The Hall–Kier alpha value is -1.76. The Bertz CT molecular complexity index is 823. The summed E-state index contributed by atoms with van der Waals surface area (Å²) in [6.45, 7) is 1.66. The number of nitriles is 1. The molecule has 0 aliphatic carbocycles. The van der Waals surface area contributed by atoms with E-state index in [0.29, 0.717) is 0 Å². The van der Waals surface area contributed by atoms with Crippen molar-refractivity contribution in [1.82, 2.24) is 9.78 Å². The van der Waals surface area contributed by atoms with E-state index in [1.807, 2.05) is 0 Å². The topological polar surface area (TPSA) is 67.9 Å². The largest absolute Gasteiger partial charge is 0.573 e. The van der Waals surface area contributed by atoms with Gasteiger partial charge in [-0.25, -0.2) is 4.68 Å². The van der Waals surface area contributed by atoms with Crippen LogP contribution in [-0.2, 0) is 10.8 Å². The summed E-state index contributed by atoms with van der Waals surface area (Å²) in [6.07, 6.45) is -3.59. The summed E-state index contributed by atoms with van der Waals surface area (Å²) in [6, 6.07) is 3.63. The fourth-order valence-electron chi connectivity index (χ4n) is 1.83. The van der Waals surface area contributed by atoms with Crippen molar-refractivity contribution >= 4 is 34.0 Å². The molecule has 0 spiro atoms. The Morgan fingerprint density at radius 2 is 1.96 bits per heavy atom. The molecule has 0 aliphatic heterocycles. The van der Waals surface area contributed by atoms with Gasteiger partial charge in [-0.3, -0.25) is 4.21 Å². The van der Waals surface area contributed by atoms with Gasteiger partial charge in [0, 0.05) is 24.1 Å². The molecule has 2 aromatic rings. The van der Waals surface area contributed by atoms with Crippen LogP contribution in [0.25, 0.3) is 5.69 Å². The molecule has 24 heavy (non-hydrogen) atoms. The van der Waals surface area contributed by atoms with E-state index in [-0.39, 0.29) is 32.1 Å². The first kappa shape index (κ1) is 18.6. The van der Waals surface area contributed by atoms with Gasteiger partial charge in [-0.2, -0.15) is 10.4 Å². The van der Waals surface area contributed by atoms with Crippen LogP contribution in [0.5, 0.6) is 5.75 Å². The Morgan fingerprint density at radius 3 is 2.42 bits per heavy atom. The average Bonchev–Trinajstić information content (AvgIpc) is 2.87. The minimum atomic E-state index is -4.89. The Balaban J connectivity index is 2.52. The van der Waals surface area contributed by atoms with Gasteiger partial charge >= 0.3 is 6.36 Å². The Labute approximate surface area is 147 Å². The molecule has 128 valence electrons. The molecule has 0 saturated carbocycles. The SMILES string of the molecule is CCS(=O)c1cn(-c2c(Cl)cc(OC(F)(F)F)cc2Cl)nc1C#N. The van der Waals surface area contributed by atoms with Gasteiger partial charge in [0.1, 0.15) is 17.5 Å². The first-order valence-corrected chi connectivity index (χ1v) is 8.37. The number of alkyl halides is 3. The number of hydrogen-bond acceptors (Lipinski definition) is 4. The molecular formula is C13H8Cl2F3N3O2S. The zero-order valence-electron chi connectivity index (χ0n) is 11.9. The van der Waals surface area contributed by atoms with Crippen molar-refractivity contribution in [2.24, 2.45) is 0 Å². The van der Waals surface area contributed by atoms with Gasteiger partial charge in [-0.15, -0.1) is 13.2 Å². The van der Waals surface area contributed by atoms with Crippen LogP contribution in [0.3, 0.4) is 0 Å². The summed E-state index contributed by atoms with van der Waals surface area (Å²) in [7, 11) is -1.45. The van der Waals surface area contributed by atoms with Crippen LogP contribution >= 0.6 is 23.2 Å². The van der Waals surface area contributed by atoms with Crippen LogP contribution in [0.4, 0.5) is 13.2 Å². The second-order valence-electron chi connectivity index (χ2n) is 4.32. The normalized spacial score (nSPS) is 12.7. The Kier molecular flexibility index (Phi) is 5.42. The molecule has 1 aromatic carbocycles. The maximum Gasteiger partial charge on any atom is 0.573 e. The van der Waals surface area contributed by atoms with Crippen LogP contribution in [0.1, 0.15) is 12.6 Å². The summed E-state index contributed by atoms with van der Waals surface area (Å²) in [5.41, 5.74) is -0.0401. The van der Waals surface area contributed by atoms with E-state index in [0.717, 1.165) is 16.8 Å². The second kappa shape index (κ2) is 7.01. The zero-order chi connectivity index (χ0) is 18.1. The van der Waals surface area contributed by atoms with E-state index in [4.69, 9.17) is 28.5 Å². The molecule has 1 aromatic heterocycles. The van der Waals surface area contributed by atoms with Gasteiger partial charge in [0.15, 0.2) is 5.69 Å². The van der Waals surface area contributed by atoms with Crippen molar-refractivity contribution in [3.63, 3.8) is 0 Å². The van der Waals surface area contributed by atoms with E-state index in [9.17, 15) is 17.4 Å². The standard InChI is InChI=1S/C13H8Cl2F3N3O2S/c1-2-24(22)11-6-21(20-10(11)5-19)12-8(14)3-7(4-9(12)15)23-13(16,17)18/h3-4,6H,2H2,1H3. The summed E-state index contributed by atoms with van der Waals surface area (Å²) in [5, 5.41) is 12.6. The molecule has 1 atom stereocenters. The highest BCUT2D eigenvalue weighted by Gasteiger charge is 2.32. The molecule has 0 radical (unpaired) electrons. The van der Waals surface area contributed by atoms with Crippen LogP contribution in [0.15, 0.2) is 23.2 Å². The van der Waals surface area contributed by atoms with Gasteiger partial charge < -0.3 is 4.74 Å². The maximum atomic E-state index is 12.3. The lowest BCUT2D eigenvalue weighted by Gasteiger charge is -2.12. The van der Waals surface area contributed by atoms with Crippen LogP contribution in [0.2, 0.25) is 10.0 Å². The van der Waals surface area contributed by atoms with Gasteiger partial charge in [0.25, 0.3) is 0 Å². The molecule has 11 heteroatoms. The van der Waals surface area contributed by atoms with Gasteiger partial charge in [0.2, 0.25) is 0 Å². The van der Waals surface area contributed by atoms with Crippen molar-refractivity contribution in [3.8, 4) is 17.5 Å². The van der Waals surface area contributed by atoms with Gasteiger partial charge in [-0.05, 0) is 0 Å². The van der Waals surface area contributed by atoms with Crippen LogP contribution < -0.4 is 4.74 Å². The zero-order valence-corrected chi connectivity index (χ0v) is 14.2. The maximum absolute atomic E-state index is 12.3. The molecule has 0 bridgehead atoms. The molecule has 2 rings (SSSR count). The first-order chi connectivity index (χ1) is 11.2. The molecular weight excluding hydrogens is 390 g/mol. The fraction of sp³-hybridized carbons (Fsp3) is 0.231. The first-order valence-electron chi connectivity index (χ1n) is 6.29. The third-order valence-corrected chi connectivity index (χ3v) is 4.64. The van der Waals surface area contributed by atoms with E-state index >= 15 is 0 Å². The molecule has 0 fully saturated rings. The quantitative estimate of drug-likeness (QED) is 0.779. The predicted molar refractivity (Wildman–Crippen MR) is 81.9 cm³/mol. The summed E-state index contributed by atoms with van der Waals surface area (Å²) < 4.78 is 53.6. The summed E-state index contributed by atoms with van der Waals surface area (Å²) in [5.74, 6) is -0.327. The molecule has 1 heterocycles. The lowest BCUT2D eigenvalue weighted by molar-refractivity contribution is -0.274.